The van der Waals surface area contributed by atoms with Crippen LogP contribution in [0.2, 0.25) is 0 Å². The van der Waals surface area contributed by atoms with Gasteiger partial charge in [-0.3, -0.25) is 9.89 Å². The van der Waals surface area contributed by atoms with Gasteiger partial charge < -0.3 is 14.5 Å². The molecular weight excluding hydrogens is 284 g/mol. The number of aromatic nitrogens is 3. The fraction of sp³-hybridized carbons (Fsp3) is 0.133. The molecule has 7 nitrogen and oxygen atoms in total. The van der Waals surface area contributed by atoms with Gasteiger partial charge in [0.1, 0.15) is 5.69 Å². The summed E-state index contributed by atoms with van der Waals surface area (Å²) in [7, 11) is 1.54. The van der Waals surface area contributed by atoms with Crippen LogP contribution >= 0.6 is 0 Å². The number of H-pyrrole nitrogens is 1. The SMILES string of the molecule is COc1ncccc1CNC(=O)c1cc(-c2ccco2)[nH]n1. The largest absolute Gasteiger partial charge is 0.481 e. The highest BCUT2D eigenvalue weighted by molar-refractivity contribution is 5.93. The van der Waals surface area contributed by atoms with Crippen molar-refractivity contribution in [2.45, 2.75) is 6.54 Å². The Morgan fingerprint density at radius 3 is 3.09 bits per heavy atom. The molecule has 0 aliphatic heterocycles. The summed E-state index contributed by atoms with van der Waals surface area (Å²) in [6.07, 6.45) is 3.19. The molecule has 112 valence electrons. The van der Waals surface area contributed by atoms with Crippen molar-refractivity contribution in [3.8, 4) is 17.3 Å². The van der Waals surface area contributed by atoms with E-state index in [2.05, 4.69) is 20.5 Å². The number of nitrogens with one attached hydrogen (secondary N) is 2. The summed E-state index contributed by atoms with van der Waals surface area (Å²) in [6.45, 7) is 0.304. The van der Waals surface area contributed by atoms with Crippen LogP contribution in [0.25, 0.3) is 11.5 Å². The van der Waals surface area contributed by atoms with Crippen molar-refractivity contribution in [2.24, 2.45) is 0 Å². The molecule has 0 aromatic carbocycles. The molecule has 0 aliphatic rings. The second-order valence-corrected chi connectivity index (χ2v) is 4.50. The van der Waals surface area contributed by atoms with Crippen LogP contribution in [-0.4, -0.2) is 28.2 Å². The van der Waals surface area contributed by atoms with Crippen LogP contribution in [0.3, 0.4) is 0 Å². The van der Waals surface area contributed by atoms with Crippen LogP contribution in [0.15, 0.2) is 47.2 Å². The minimum atomic E-state index is -0.292. The quantitative estimate of drug-likeness (QED) is 0.751. The van der Waals surface area contributed by atoms with Crippen molar-refractivity contribution in [3.05, 3.63) is 54.0 Å². The highest BCUT2D eigenvalue weighted by Crippen LogP contribution is 2.18. The number of rotatable bonds is 5. The minimum Gasteiger partial charge on any atom is -0.481 e. The van der Waals surface area contributed by atoms with Gasteiger partial charge in [0.15, 0.2) is 11.5 Å². The lowest BCUT2D eigenvalue weighted by molar-refractivity contribution is 0.0945. The Kier molecular flexibility index (Phi) is 3.86. The standard InChI is InChI=1S/C15H14N4O3/c1-21-15-10(4-2-6-16-15)9-17-14(20)12-8-11(18-19-12)13-5-3-7-22-13/h2-8H,9H2,1H3,(H,17,20)(H,18,19). The Labute approximate surface area is 126 Å². The molecule has 3 aromatic heterocycles. The van der Waals surface area contributed by atoms with Gasteiger partial charge in [-0.1, -0.05) is 6.07 Å². The molecule has 0 saturated carbocycles. The van der Waals surface area contributed by atoms with E-state index in [1.807, 2.05) is 6.07 Å². The summed E-state index contributed by atoms with van der Waals surface area (Å²) >= 11 is 0. The summed E-state index contributed by atoms with van der Waals surface area (Å²) in [5.74, 6) is 0.821. The van der Waals surface area contributed by atoms with Gasteiger partial charge in [-0.25, -0.2) is 4.98 Å². The summed E-state index contributed by atoms with van der Waals surface area (Å²) in [5.41, 5.74) is 1.73. The molecule has 3 heterocycles. The summed E-state index contributed by atoms with van der Waals surface area (Å²) in [4.78, 5) is 16.2. The van der Waals surface area contributed by atoms with E-state index in [1.54, 1.807) is 36.7 Å². The predicted molar refractivity (Wildman–Crippen MR) is 78.2 cm³/mol. The molecule has 7 heteroatoms. The molecule has 0 aliphatic carbocycles. The van der Waals surface area contributed by atoms with Gasteiger partial charge in [-0.2, -0.15) is 5.10 Å². The fourth-order valence-electron chi connectivity index (χ4n) is 2.00. The summed E-state index contributed by atoms with van der Waals surface area (Å²) in [6, 6.07) is 8.81. The van der Waals surface area contributed by atoms with E-state index >= 15 is 0 Å². The second-order valence-electron chi connectivity index (χ2n) is 4.50. The van der Waals surface area contributed by atoms with Crippen LogP contribution in [-0.2, 0) is 6.54 Å². The van der Waals surface area contributed by atoms with Crippen molar-refractivity contribution in [1.29, 1.82) is 0 Å². The molecule has 0 atom stereocenters. The zero-order chi connectivity index (χ0) is 15.4. The molecule has 3 rings (SSSR count). The Hall–Kier alpha value is -3.09. The van der Waals surface area contributed by atoms with E-state index in [0.29, 0.717) is 23.9 Å². The van der Waals surface area contributed by atoms with Gasteiger partial charge in [0, 0.05) is 24.4 Å². The zero-order valence-corrected chi connectivity index (χ0v) is 11.9. The molecule has 0 radical (unpaired) electrons. The summed E-state index contributed by atoms with van der Waals surface area (Å²) < 4.78 is 10.4. The highest BCUT2D eigenvalue weighted by atomic mass is 16.5. The van der Waals surface area contributed by atoms with E-state index in [4.69, 9.17) is 9.15 Å². The average molecular weight is 298 g/mol. The number of nitrogens with zero attached hydrogens (tertiary/aromatic N) is 2. The third-order valence-electron chi connectivity index (χ3n) is 3.08. The van der Waals surface area contributed by atoms with Crippen molar-refractivity contribution in [3.63, 3.8) is 0 Å². The van der Waals surface area contributed by atoms with E-state index < -0.39 is 0 Å². The van der Waals surface area contributed by atoms with E-state index in [1.165, 1.54) is 7.11 Å². The van der Waals surface area contributed by atoms with Crippen molar-refractivity contribution in [2.75, 3.05) is 7.11 Å². The van der Waals surface area contributed by atoms with Gasteiger partial charge in [0.25, 0.3) is 5.91 Å². The van der Waals surface area contributed by atoms with Crippen molar-refractivity contribution >= 4 is 5.91 Å². The van der Waals surface area contributed by atoms with E-state index in [9.17, 15) is 4.79 Å². The molecule has 0 saturated heterocycles. The lowest BCUT2D eigenvalue weighted by Crippen LogP contribution is -2.23. The average Bonchev–Trinajstić information content (AvgIpc) is 3.23. The van der Waals surface area contributed by atoms with Gasteiger partial charge in [-0.15, -0.1) is 0 Å². The van der Waals surface area contributed by atoms with Gasteiger partial charge in [-0.05, 0) is 18.2 Å². The molecule has 3 aromatic rings. The molecule has 0 bridgehead atoms. The first-order chi connectivity index (χ1) is 10.8. The first-order valence-corrected chi connectivity index (χ1v) is 6.63. The molecule has 0 spiro atoms. The Bertz CT molecular complexity index is 765. The normalized spacial score (nSPS) is 10.4. The van der Waals surface area contributed by atoms with Gasteiger partial charge in [0.2, 0.25) is 5.88 Å². The number of methoxy groups -OCH3 is 1. The van der Waals surface area contributed by atoms with Gasteiger partial charge in [0.05, 0.1) is 13.4 Å². The van der Waals surface area contributed by atoms with Crippen molar-refractivity contribution < 1.29 is 13.9 Å². The third-order valence-corrected chi connectivity index (χ3v) is 3.08. The minimum absolute atomic E-state index is 0.286. The molecule has 1 amide bonds. The number of amides is 1. The smallest absolute Gasteiger partial charge is 0.272 e. The molecular formula is C15H14N4O3. The number of ether oxygens (including phenoxy) is 1. The summed E-state index contributed by atoms with van der Waals surface area (Å²) in [5, 5.41) is 9.53. The maximum Gasteiger partial charge on any atom is 0.272 e. The third kappa shape index (κ3) is 2.83. The molecule has 0 unspecified atom stereocenters. The molecule has 2 N–H and O–H groups in total. The Morgan fingerprint density at radius 2 is 2.32 bits per heavy atom. The highest BCUT2D eigenvalue weighted by Gasteiger charge is 2.13. The molecule has 22 heavy (non-hydrogen) atoms. The number of hydrogen-bond acceptors (Lipinski definition) is 5. The van der Waals surface area contributed by atoms with Crippen LogP contribution in [0, 0.1) is 0 Å². The van der Waals surface area contributed by atoms with Crippen LogP contribution in [0.1, 0.15) is 16.1 Å². The fourth-order valence-corrected chi connectivity index (χ4v) is 2.00. The maximum atomic E-state index is 12.1. The zero-order valence-electron chi connectivity index (χ0n) is 11.9. The Morgan fingerprint density at radius 1 is 1.41 bits per heavy atom. The van der Waals surface area contributed by atoms with Crippen LogP contribution in [0.4, 0.5) is 0 Å². The van der Waals surface area contributed by atoms with Gasteiger partial charge >= 0.3 is 0 Å². The number of furan rings is 1. The number of pyridine rings is 1. The first-order valence-electron chi connectivity index (χ1n) is 6.63. The number of aromatic amines is 1. The lowest BCUT2D eigenvalue weighted by atomic mass is 10.2. The second kappa shape index (κ2) is 6.13. The maximum absolute atomic E-state index is 12.1. The number of carbonyl (C=O) groups excluding carboxylic acids is 1. The van der Waals surface area contributed by atoms with Crippen LogP contribution < -0.4 is 10.1 Å². The van der Waals surface area contributed by atoms with Crippen LogP contribution in [0.5, 0.6) is 5.88 Å². The predicted octanol–water partition coefficient (Wildman–Crippen LogP) is 2.00. The first kappa shape index (κ1) is 13.9. The van der Waals surface area contributed by atoms with E-state index in [0.717, 1.165) is 5.56 Å². The molecule has 0 fully saturated rings. The van der Waals surface area contributed by atoms with E-state index in [-0.39, 0.29) is 11.6 Å². The number of hydrogen-bond donors (Lipinski definition) is 2. The topological polar surface area (TPSA) is 93.0 Å². The number of carbonyl (C=O) groups is 1. The van der Waals surface area contributed by atoms with Crippen molar-refractivity contribution in [1.82, 2.24) is 20.5 Å². The monoisotopic (exact) mass is 298 g/mol. The Balaban J connectivity index is 1.67. The lowest BCUT2D eigenvalue weighted by Gasteiger charge is -2.07.